The molecule has 1 N–H and O–H groups in total. The lowest BCUT2D eigenvalue weighted by atomic mass is 9.87. The van der Waals surface area contributed by atoms with E-state index in [1.807, 2.05) is 41.2 Å². The highest BCUT2D eigenvalue weighted by Gasteiger charge is 2.37. The fraction of sp³-hybridized carbons (Fsp3) is 0.368. The quantitative estimate of drug-likeness (QED) is 0.767. The first-order valence-corrected chi connectivity index (χ1v) is 9.11. The number of hydrogen-bond donors (Lipinski definition) is 1. The van der Waals surface area contributed by atoms with Gasteiger partial charge >= 0.3 is 0 Å². The van der Waals surface area contributed by atoms with Crippen molar-refractivity contribution in [1.29, 1.82) is 0 Å². The highest BCUT2D eigenvalue weighted by atomic mass is 16.2. The van der Waals surface area contributed by atoms with Crippen molar-refractivity contribution < 1.29 is 4.79 Å². The molecule has 0 radical (unpaired) electrons. The van der Waals surface area contributed by atoms with Crippen LogP contribution in [0, 0.1) is 0 Å². The van der Waals surface area contributed by atoms with Crippen molar-refractivity contribution in [2.24, 2.45) is 0 Å². The summed E-state index contributed by atoms with van der Waals surface area (Å²) in [7, 11) is 0. The van der Waals surface area contributed by atoms with E-state index in [9.17, 15) is 4.79 Å². The van der Waals surface area contributed by atoms with Gasteiger partial charge in [-0.25, -0.2) is 14.6 Å². The number of benzene rings is 1. The molecule has 1 aliphatic heterocycles. The maximum atomic E-state index is 12.2. The average molecular weight is 348 g/mol. The van der Waals surface area contributed by atoms with Crippen LogP contribution >= 0.6 is 0 Å². The third-order valence-corrected chi connectivity index (χ3v) is 5.41. The molecule has 26 heavy (non-hydrogen) atoms. The summed E-state index contributed by atoms with van der Waals surface area (Å²) in [5.74, 6) is 0.874. The summed E-state index contributed by atoms with van der Waals surface area (Å²) in [6.07, 6.45) is 7.84. The molecule has 1 aromatic carbocycles. The van der Waals surface area contributed by atoms with Crippen LogP contribution in [0.4, 0.5) is 5.82 Å². The Hall–Kier alpha value is -2.96. The van der Waals surface area contributed by atoms with Gasteiger partial charge in [-0.3, -0.25) is 4.79 Å². The van der Waals surface area contributed by atoms with E-state index in [1.54, 1.807) is 6.33 Å². The molecule has 1 aliphatic carbocycles. The smallest absolute Gasteiger partial charge is 0.239 e. The van der Waals surface area contributed by atoms with Crippen LogP contribution in [0.1, 0.15) is 25.7 Å². The Bertz CT molecular complexity index is 953. The van der Waals surface area contributed by atoms with E-state index in [0.29, 0.717) is 12.6 Å². The van der Waals surface area contributed by atoms with Gasteiger partial charge in [0, 0.05) is 6.04 Å². The van der Waals surface area contributed by atoms with E-state index in [1.165, 1.54) is 12.8 Å². The molecule has 7 heteroatoms. The van der Waals surface area contributed by atoms with Gasteiger partial charge in [-0.2, -0.15) is 5.10 Å². The van der Waals surface area contributed by atoms with Crippen LogP contribution in [0.2, 0.25) is 0 Å². The number of anilines is 1. The zero-order chi connectivity index (χ0) is 17.5. The molecule has 1 saturated carbocycles. The zero-order valence-electron chi connectivity index (χ0n) is 14.4. The van der Waals surface area contributed by atoms with E-state index in [0.717, 1.165) is 35.4 Å². The predicted molar refractivity (Wildman–Crippen MR) is 98.2 cm³/mol. The van der Waals surface area contributed by atoms with E-state index in [4.69, 9.17) is 0 Å². The lowest BCUT2D eigenvalue weighted by molar-refractivity contribution is -0.122. The molecule has 5 rings (SSSR count). The topological polar surface area (TPSA) is 75.9 Å². The number of carbonyl (C=O) groups is 1. The molecule has 0 unspecified atom stereocenters. The van der Waals surface area contributed by atoms with Gasteiger partial charge in [0.15, 0.2) is 5.65 Å². The maximum Gasteiger partial charge on any atom is 0.239 e. The van der Waals surface area contributed by atoms with Crippen LogP contribution < -0.4 is 10.2 Å². The molecule has 2 atom stereocenters. The van der Waals surface area contributed by atoms with Crippen LogP contribution in [0.15, 0.2) is 42.9 Å². The van der Waals surface area contributed by atoms with Crippen molar-refractivity contribution >= 4 is 22.8 Å². The maximum absolute atomic E-state index is 12.2. The number of para-hydroxylation sites is 1. The minimum atomic E-state index is 0.0652. The largest absolute Gasteiger partial charge is 0.350 e. The standard InChI is InChI=1S/C19H20N6O/c26-17-11-24(16-9-5-4-8-15(16)23-17)18-14-10-22-25(19(14)21-12-20-18)13-6-2-1-3-7-13/h1-3,6-7,10,12,15-16H,4-5,8-9,11H2,(H,23,26)/t15-,16+/m0/s1. The van der Waals surface area contributed by atoms with Crippen molar-refractivity contribution in [2.75, 3.05) is 11.4 Å². The van der Waals surface area contributed by atoms with Gasteiger partial charge in [0.1, 0.15) is 12.1 Å². The molecule has 1 amide bonds. The Morgan fingerprint density at radius 1 is 1.08 bits per heavy atom. The van der Waals surface area contributed by atoms with Crippen molar-refractivity contribution in [3.05, 3.63) is 42.9 Å². The molecule has 2 aliphatic rings. The second kappa shape index (κ2) is 6.09. The molecule has 1 saturated heterocycles. The van der Waals surface area contributed by atoms with E-state index in [2.05, 4.69) is 25.3 Å². The molecule has 0 bridgehead atoms. The monoisotopic (exact) mass is 348 g/mol. The van der Waals surface area contributed by atoms with E-state index >= 15 is 0 Å². The Labute approximate surface area is 151 Å². The first-order valence-electron chi connectivity index (χ1n) is 9.11. The number of rotatable bonds is 2. The summed E-state index contributed by atoms with van der Waals surface area (Å²) in [6.45, 7) is 0.337. The minimum absolute atomic E-state index is 0.0652. The average Bonchev–Trinajstić information content (AvgIpc) is 3.12. The molecule has 2 fully saturated rings. The third-order valence-electron chi connectivity index (χ3n) is 5.41. The summed E-state index contributed by atoms with van der Waals surface area (Å²) in [4.78, 5) is 23.4. The highest BCUT2D eigenvalue weighted by molar-refractivity contribution is 5.91. The SMILES string of the molecule is O=C1CN(c2ncnc3c2cnn3-c2ccccc2)[C@@H]2CCCC[C@@H]2N1. The molecule has 3 heterocycles. The van der Waals surface area contributed by atoms with Gasteiger partial charge in [0.05, 0.1) is 29.9 Å². The van der Waals surface area contributed by atoms with Gasteiger partial charge < -0.3 is 10.2 Å². The molecule has 132 valence electrons. The van der Waals surface area contributed by atoms with E-state index in [-0.39, 0.29) is 11.9 Å². The van der Waals surface area contributed by atoms with Crippen LogP contribution in [-0.4, -0.2) is 44.3 Å². The first kappa shape index (κ1) is 15.3. The fourth-order valence-corrected chi connectivity index (χ4v) is 4.23. The molecule has 7 nitrogen and oxygen atoms in total. The van der Waals surface area contributed by atoms with Crippen molar-refractivity contribution in [2.45, 2.75) is 37.8 Å². The second-order valence-corrected chi connectivity index (χ2v) is 6.98. The Morgan fingerprint density at radius 2 is 1.92 bits per heavy atom. The summed E-state index contributed by atoms with van der Waals surface area (Å²) >= 11 is 0. The summed E-state index contributed by atoms with van der Waals surface area (Å²) < 4.78 is 1.82. The van der Waals surface area contributed by atoms with Crippen molar-refractivity contribution in [3.8, 4) is 5.69 Å². The summed E-state index contributed by atoms with van der Waals surface area (Å²) in [5, 5.41) is 8.57. The number of piperazine rings is 1. The molecule has 3 aromatic rings. The van der Waals surface area contributed by atoms with Gasteiger partial charge in [-0.1, -0.05) is 31.0 Å². The predicted octanol–water partition coefficient (Wildman–Crippen LogP) is 2.06. The number of amides is 1. The second-order valence-electron chi connectivity index (χ2n) is 6.98. The number of nitrogens with one attached hydrogen (secondary N) is 1. The Balaban J connectivity index is 1.61. The van der Waals surface area contributed by atoms with Crippen LogP contribution in [0.25, 0.3) is 16.7 Å². The number of aromatic nitrogens is 4. The summed E-state index contributed by atoms with van der Waals surface area (Å²) in [6, 6.07) is 10.4. The first-order chi connectivity index (χ1) is 12.8. The molecular weight excluding hydrogens is 328 g/mol. The van der Waals surface area contributed by atoms with Crippen LogP contribution in [0.5, 0.6) is 0 Å². The van der Waals surface area contributed by atoms with Crippen molar-refractivity contribution in [1.82, 2.24) is 25.1 Å². The highest BCUT2D eigenvalue weighted by Crippen LogP contribution is 2.32. The minimum Gasteiger partial charge on any atom is -0.350 e. The normalized spacial score (nSPS) is 22.9. The summed E-state index contributed by atoms with van der Waals surface area (Å²) in [5.41, 5.74) is 1.72. The molecule has 2 aromatic heterocycles. The molecular formula is C19H20N6O. The number of fused-ring (bicyclic) bond motifs is 2. The fourth-order valence-electron chi connectivity index (χ4n) is 4.23. The zero-order valence-corrected chi connectivity index (χ0v) is 14.4. The van der Waals surface area contributed by atoms with Gasteiger partial charge in [-0.15, -0.1) is 0 Å². The lowest BCUT2D eigenvalue weighted by Crippen LogP contribution is -2.62. The molecule has 0 spiro atoms. The third kappa shape index (κ3) is 2.42. The van der Waals surface area contributed by atoms with Crippen LogP contribution in [0.3, 0.4) is 0 Å². The van der Waals surface area contributed by atoms with Gasteiger partial charge in [0.2, 0.25) is 5.91 Å². The number of hydrogen-bond acceptors (Lipinski definition) is 5. The lowest BCUT2D eigenvalue weighted by Gasteiger charge is -2.44. The van der Waals surface area contributed by atoms with Gasteiger partial charge in [0.25, 0.3) is 0 Å². The van der Waals surface area contributed by atoms with E-state index < -0.39 is 0 Å². The number of nitrogens with zero attached hydrogens (tertiary/aromatic N) is 5. The number of carbonyl (C=O) groups excluding carboxylic acids is 1. The Kier molecular flexibility index (Phi) is 3.58. The Morgan fingerprint density at radius 3 is 2.81 bits per heavy atom. The van der Waals surface area contributed by atoms with Crippen LogP contribution in [-0.2, 0) is 4.79 Å². The van der Waals surface area contributed by atoms with Crippen molar-refractivity contribution in [3.63, 3.8) is 0 Å². The van der Waals surface area contributed by atoms with Gasteiger partial charge in [-0.05, 0) is 25.0 Å².